The van der Waals surface area contributed by atoms with Crippen LogP contribution < -0.4 is 4.74 Å². The number of thiophene rings is 1. The van der Waals surface area contributed by atoms with E-state index in [9.17, 15) is 0 Å². The Bertz CT molecular complexity index is 644. The van der Waals surface area contributed by atoms with Gasteiger partial charge in [-0.25, -0.2) is 0 Å². The third-order valence-electron chi connectivity index (χ3n) is 4.20. The van der Waals surface area contributed by atoms with Gasteiger partial charge in [-0.2, -0.15) is 0 Å². The standard InChI is InChI=1S/C19H20Cl2OS/c20-16-10-17(21)12-18(11-16)22-13-15-6-1-4-14(15)5-2-7-19-8-3-9-23-19/h3-4,8-12,15H,1-2,5-7,13H2/t15-/m1/s1. The topological polar surface area (TPSA) is 9.23 Å². The lowest BCUT2D eigenvalue weighted by atomic mass is 9.97. The maximum Gasteiger partial charge on any atom is 0.122 e. The van der Waals surface area contributed by atoms with Crippen molar-refractivity contribution in [1.82, 2.24) is 0 Å². The summed E-state index contributed by atoms with van der Waals surface area (Å²) in [5.74, 6) is 1.28. The van der Waals surface area contributed by atoms with Gasteiger partial charge < -0.3 is 4.74 Å². The molecule has 1 aromatic heterocycles. The minimum Gasteiger partial charge on any atom is -0.493 e. The molecule has 1 aliphatic rings. The number of rotatable bonds is 7. The summed E-state index contributed by atoms with van der Waals surface area (Å²) in [6.45, 7) is 0.710. The van der Waals surface area contributed by atoms with E-state index in [1.807, 2.05) is 23.5 Å². The summed E-state index contributed by atoms with van der Waals surface area (Å²) in [5, 5.41) is 3.38. The van der Waals surface area contributed by atoms with Gasteiger partial charge in [0.25, 0.3) is 0 Å². The quantitative estimate of drug-likeness (QED) is 0.489. The largest absolute Gasteiger partial charge is 0.493 e. The van der Waals surface area contributed by atoms with Crippen LogP contribution in [-0.4, -0.2) is 6.61 Å². The minimum absolute atomic E-state index is 0.524. The van der Waals surface area contributed by atoms with E-state index in [1.165, 1.54) is 37.0 Å². The van der Waals surface area contributed by atoms with Gasteiger partial charge in [-0.05, 0) is 61.7 Å². The molecule has 0 unspecified atom stereocenters. The number of aryl methyl sites for hydroxylation is 1. The maximum atomic E-state index is 6.02. The summed E-state index contributed by atoms with van der Waals surface area (Å²) in [6, 6.07) is 9.71. The molecule has 1 heterocycles. The van der Waals surface area contributed by atoms with Gasteiger partial charge in [0.05, 0.1) is 6.61 Å². The highest BCUT2D eigenvalue weighted by atomic mass is 35.5. The molecule has 0 saturated carbocycles. The van der Waals surface area contributed by atoms with E-state index in [-0.39, 0.29) is 0 Å². The Balaban J connectivity index is 1.48. The Labute approximate surface area is 151 Å². The van der Waals surface area contributed by atoms with Crippen molar-refractivity contribution >= 4 is 34.5 Å². The summed E-state index contributed by atoms with van der Waals surface area (Å²) in [6.07, 6.45) is 8.30. The predicted octanol–water partition coefficient (Wildman–Crippen LogP) is 6.79. The molecule has 0 fully saturated rings. The summed E-state index contributed by atoms with van der Waals surface area (Å²) < 4.78 is 5.93. The molecule has 1 atom stereocenters. The van der Waals surface area contributed by atoms with Crippen LogP contribution in [0, 0.1) is 5.92 Å². The molecule has 3 rings (SSSR count). The van der Waals surface area contributed by atoms with E-state index in [1.54, 1.807) is 11.6 Å². The second-order valence-corrected chi connectivity index (χ2v) is 7.81. The number of halogens is 2. The molecule has 1 nitrogen and oxygen atoms in total. The second-order valence-electron chi connectivity index (χ2n) is 5.90. The number of hydrogen-bond donors (Lipinski definition) is 0. The normalized spacial score (nSPS) is 17.3. The molecule has 0 spiro atoms. The summed E-state index contributed by atoms with van der Waals surface area (Å²) >= 11 is 13.9. The van der Waals surface area contributed by atoms with Crippen molar-refractivity contribution in [3.05, 3.63) is 62.3 Å². The van der Waals surface area contributed by atoms with Crippen LogP contribution in [0.4, 0.5) is 0 Å². The SMILES string of the molecule is Clc1cc(Cl)cc(OC[C@H]2CCC=C2CCCc2cccs2)c1. The first-order chi connectivity index (χ1) is 11.2. The first kappa shape index (κ1) is 16.9. The Morgan fingerprint density at radius 2 is 1.96 bits per heavy atom. The van der Waals surface area contributed by atoms with Crippen LogP contribution in [0.15, 0.2) is 47.4 Å². The average molecular weight is 367 g/mol. The minimum atomic E-state index is 0.524. The molecule has 2 aromatic rings. The molecule has 0 aliphatic heterocycles. The van der Waals surface area contributed by atoms with Crippen molar-refractivity contribution in [3.63, 3.8) is 0 Å². The molecule has 0 radical (unpaired) electrons. The zero-order chi connectivity index (χ0) is 16.1. The number of benzene rings is 1. The molecule has 0 N–H and O–H groups in total. The summed E-state index contributed by atoms with van der Waals surface area (Å²) in [5.41, 5.74) is 1.55. The fourth-order valence-electron chi connectivity index (χ4n) is 3.05. The van der Waals surface area contributed by atoms with E-state index in [0.717, 1.165) is 5.75 Å². The highest BCUT2D eigenvalue weighted by Crippen LogP contribution is 2.31. The van der Waals surface area contributed by atoms with Crippen LogP contribution in [0.25, 0.3) is 0 Å². The van der Waals surface area contributed by atoms with Crippen LogP contribution in [0.1, 0.15) is 30.6 Å². The van der Waals surface area contributed by atoms with Crippen LogP contribution in [0.5, 0.6) is 5.75 Å². The van der Waals surface area contributed by atoms with Crippen LogP contribution in [0.2, 0.25) is 10.0 Å². The summed E-state index contributed by atoms with van der Waals surface area (Å²) in [7, 11) is 0. The van der Waals surface area contributed by atoms with Crippen LogP contribution in [-0.2, 0) is 6.42 Å². The third kappa shape index (κ3) is 5.00. The molecular weight excluding hydrogens is 347 g/mol. The Kier molecular flexibility index (Phi) is 6.04. The molecule has 0 bridgehead atoms. The molecule has 1 aliphatic carbocycles. The maximum absolute atomic E-state index is 6.02. The Hall–Kier alpha value is -0.960. The van der Waals surface area contributed by atoms with Gasteiger partial charge in [0.15, 0.2) is 0 Å². The fraction of sp³-hybridized carbons (Fsp3) is 0.368. The van der Waals surface area contributed by atoms with Crippen molar-refractivity contribution in [2.75, 3.05) is 6.61 Å². The molecular formula is C19H20Cl2OS. The Morgan fingerprint density at radius 3 is 2.70 bits per heavy atom. The average Bonchev–Trinajstić information content (AvgIpc) is 3.16. The zero-order valence-electron chi connectivity index (χ0n) is 12.9. The monoisotopic (exact) mass is 366 g/mol. The lowest BCUT2D eigenvalue weighted by Gasteiger charge is -2.16. The molecule has 122 valence electrons. The number of hydrogen-bond acceptors (Lipinski definition) is 2. The van der Waals surface area contributed by atoms with E-state index < -0.39 is 0 Å². The van der Waals surface area contributed by atoms with E-state index in [0.29, 0.717) is 22.6 Å². The van der Waals surface area contributed by atoms with Gasteiger partial charge in [0, 0.05) is 20.8 Å². The highest BCUT2D eigenvalue weighted by molar-refractivity contribution is 7.09. The smallest absolute Gasteiger partial charge is 0.122 e. The highest BCUT2D eigenvalue weighted by Gasteiger charge is 2.19. The Morgan fingerprint density at radius 1 is 1.13 bits per heavy atom. The van der Waals surface area contributed by atoms with Crippen LogP contribution in [0.3, 0.4) is 0 Å². The van der Waals surface area contributed by atoms with Crippen molar-refractivity contribution in [3.8, 4) is 5.75 Å². The van der Waals surface area contributed by atoms with Gasteiger partial charge in [-0.3, -0.25) is 0 Å². The molecule has 0 amide bonds. The lowest BCUT2D eigenvalue weighted by molar-refractivity contribution is 0.266. The molecule has 4 heteroatoms. The predicted molar refractivity (Wildman–Crippen MR) is 100 cm³/mol. The molecule has 1 aromatic carbocycles. The van der Waals surface area contributed by atoms with Gasteiger partial charge in [-0.1, -0.05) is 40.9 Å². The van der Waals surface area contributed by atoms with Crippen LogP contribution >= 0.6 is 34.5 Å². The van der Waals surface area contributed by atoms with Gasteiger partial charge >= 0.3 is 0 Å². The first-order valence-corrected chi connectivity index (χ1v) is 9.64. The van der Waals surface area contributed by atoms with Crippen molar-refractivity contribution in [2.24, 2.45) is 5.92 Å². The zero-order valence-corrected chi connectivity index (χ0v) is 15.3. The second kappa shape index (κ2) is 8.23. The van der Waals surface area contributed by atoms with E-state index >= 15 is 0 Å². The number of ether oxygens (including phenoxy) is 1. The van der Waals surface area contributed by atoms with Crippen molar-refractivity contribution in [1.29, 1.82) is 0 Å². The van der Waals surface area contributed by atoms with E-state index in [4.69, 9.17) is 27.9 Å². The first-order valence-electron chi connectivity index (χ1n) is 8.01. The van der Waals surface area contributed by atoms with Gasteiger partial charge in [0.2, 0.25) is 0 Å². The number of allylic oxidation sites excluding steroid dienone is 1. The van der Waals surface area contributed by atoms with Crippen molar-refractivity contribution in [2.45, 2.75) is 32.1 Å². The van der Waals surface area contributed by atoms with Gasteiger partial charge in [-0.15, -0.1) is 11.3 Å². The molecule has 0 saturated heterocycles. The summed E-state index contributed by atoms with van der Waals surface area (Å²) in [4.78, 5) is 1.48. The van der Waals surface area contributed by atoms with Crippen molar-refractivity contribution < 1.29 is 4.74 Å². The fourth-order valence-corrected chi connectivity index (χ4v) is 4.31. The van der Waals surface area contributed by atoms with Gasteiger partial charge in [0.1, 0.15) is 5.75 Å². The van der Waals surface area contributed by atoms with E-state index in [2.05, 4.69) is 23.6 Å². The lowest BCUT2D eigenvalue weighted by Crippen LogP contribution is -2.12. The third-order valence-corrected chi connectivity index (χ3v) is 5.57. The molecule has 23 heavy (non-hydrogen) atoms.